The zero-order valence-corrected chi connectivity index (χ0v) is 21.5. The number of fused-ring (bicyclic) bond motifs is 4. The molecule has 0 aromatic rings. The van der Waals surface area contributed by atoms with Crippen LogP contribution in [0.15, 0.2) is 35.5 Å². The molecule has 6 nitrogen and oxygen atoms in total. The van der Waals surface area contributed by atoms with Gasteiger partial charge in [0, 0.05) is 28.4 Å². The van der Waals surface area contributed by atoms with Crippen LogP contribution >= 0.6 is 0 Å². The van der Waals surface area contributed by atoms with E-state index in [1.807, 2.05) is 13.8 Å². The molecule has 0 heterocycles. The molecule has 0 amide bonds. The molecule has 0 spiro atoms. The molecule has 0 radical (unpaired) electrons. The normalized spacial score (nSPS) is 41.7. The monoisotopic (exact) mass is 484 g/mol. The first kappa shape index (κ1) is 26.0. The van der Waals surface area contributed by atoms with E-state index in [2.05, 4.69) is 20.1 Å². The van der Waals surface area contributed by atoms with Crippen molar-refractivity contribution in [3.05, 3.63) is 35.5 Å². The molecule has 0 aromatic carbocycles. The van der Waals surface area contributed by atoms with Crippen molar-refractivity contribution in [1.82, 2.24) is 0 Å². The highest BCUT2D eigenvalue weighted by atomic mass is 16.4. The van der Waals surface area contributed by atoms with E-state index in [1.165, 1.54) is 0 Å². The van der Waals surface area contributed by atoms with Gasteiger partial charge < -0.3 is 15.3 Å². The Bertz CT molecular complexity index is 1020. The fourth-order valence-electron chi connectivity index (χ4n) is 7.99. The number of hydrogen-bond acceptors (Lipinski definition) is 5. The molecule has 2 fully saturated rings. The van der Waals surface area contributed by atoms with Crippen molar-refractivity contribution in [2.24, 2.45) is 40.4 Å². The second-order valence-corrected chi connectivity index (χ2v) is 12.1. The molecule has 9 atom stereocenters. The molecule has 4 aliphatic carbocycles. The summed E-state index contributed by atoms with van der Waals surface area (Å²) in [4.78, 5) is 38.7. The van der Waals surface area contributed by atoms with Crippen LogP contribution in [0.25, 0.3) is 0 Å². The SMILES string of the molecule is C=C(CCC(=C)[C@H]1CCC2C3=C(C(=O)[C@H](O)[C@@]21C)[C@@]1(C)CC[C@@H](O)[C@@H](C)C1CC3=O)C(C)C(=O)O. The summed E-state index contributed by atoms with van der Waals surface area (Å²) in [5.41, 5.74) is 1.34. The third kappa shape index (κ3) is 3.71. The summed E-state index contributed by atoms with van der Waals surface area (Å²) in [6.45, 7) is 15.8. The van der Waals surface area contributed by atoms with E-state index in [-0.39, 0.29) is 35.2 Å². The lowest BCUT2D eigenvalue weighted by Crippen LogP contribution is -2.58. The fraction of sp³-hybridized carbons (Fsp3) is 0.690. The van der Waals surface area contributed by atoms with Gasteiger partial charge in [0.25, 0.3) is 0 Å². The summed E-state index contributed by atoms with van der Waals surface area (Å²) in [6, 6.07) is 0. The number of carbonyl (C=O) groups excluding carboxylic acids is 2. The molecular formula is C29H40O6. The van der Waals surface area contributed by atoms with Crippen molar-refractivity contribution in [3.8, 4) is 0 Å². The van der Waals surface area contributed by atoms with E-state index in [1.54, 1.807) is 6.92 Å². The number of carboxylic acids is 1. The molecule has 0 saturated heterocycles. The molecule has 0 aliphatic heterocycles. The Hall–Kier alpha value is -2.05. The Labute approximate surface area is 208 Å². The van der Waals surface area contributed by atoms with Gasteiger partial charge in [-0.1, -0.05) is 45.1 Å². The van der Waals surface area contributed by atoms with Crippen LogP contribution in [0.2, 0.25) is 0 Å². The number of Topliss-reactive ketones (excluding diaryl/α,β-unsaturated/α-hetero) is 2. The van der Waals surface area contributed by atoms with Gasteiger partial charge in [-0.25, -0.2) is 0 Å². The van der Waals surface area contributed by atoms with E-state index in [0.717, 1.165) is 12.0 Å². The van der Waals surface area contributed by atoms with Gasteiger partial charge in [0.1, 0.15) is 6.10 Å². The fourth-order valence-corrected chi connectivity index (χ4v) is 7.99. The highest BCUT2D eigenvalue weighted by Crippen LogP contribution is 2.64. The van der Waals surface area contributed by atoms with Crippen molar-refractivity contribution in [2.75, 3.05) is 0 Å². The van der Waals surface area contributed by atoms with Crippen LogP contribution < -0.4 is 0 Å². The lowest BCUT2D eigenvalue weighted by molar-refractivity contribution is -0.143. The van der Waals surface area contributed by atoms with Gasteiger partial charge in [-0.05, 0) is 69.1 Å². The first-order valence-electron chi connectivity index (χ1n) is 13.0. The summed E-state index contributed by atoms with van der Waals surface area (Å²) in [5, 5.41) is 31.2. The molecule has 4 rings (SSSR count). The summed E-state index contributed by atoms with van der Waals surface area (Å²) in [6.07, 6.45) is 2.32. The second-order valence-electron chi connectivity index (χ2n) is 12.1. The number of aliphatic hydroxyl groups is 2. The number of aliphatic hydroxyl groups excluding tert-OH is 2. The highest BCUT2D eigenvalue weighted by Gasteiger charge is 2.64. The van der Waals surface area contributed by atoms with Gasteiger partial charge >= 0.3 is 5.97 Å². The van der Waals surface area contributed by atoms with Crippen LogP contribution in [0.1, 0.15) is 72.6 Å². The average Bonchev–Trinajstić information content (AvgIpc) is 3.16. The number of carbonyl (C=O) groups is 3. The van der Waals surface area contributed by atoms with E-state index in [9.17, 15) is 29.7 Å². The largest absolute Gasteiger partial charge is 0.481 e. The summed E-state index contributed by atoms with van der Waals surface area (Å²) < 4.78 is 0. The Morgan fingerprint density at radius 3 is 2.40 bits per heavy atom. The number of aliphatic carboxylic acids is 1. The molecule has 192 valence electrons. The zero-order valence-electron chi connectivity index (χ0n) is 21.5. The van der Waals surface area contributed by atoms with Crippen molar-refractivity contribution in [1.29, 1.82) is 0 Å². The maximum atomic E-state index is 13.9. The van der Waals surface area contributed by atoms with Gasteiger partial charge in [-0.3, -0.25) is 14.4 Å². The van der Waals surface area contributed by atoms with Gasteiger partial charge in [-0.15, -0.1) is 0 Å². The molecule has 6 heteroatoms. The lowest BCUT2D eigenvalue weighted by Gasteiger charge is -2.56. The van der Waals surface area contributed by atoms with Gasteiger partial charge in [0.15, 0.2) is 11.6 Å². The van der Waals surface area contributed by atoms with Crippen molar-refractivity contribution < 1.29 is 29.7 Å². The standard InChI is InChI=1S/C29H40O6/c1-14(16(3)27(34)35)7-8-15(2)18-9-10-19-23-22(31)13-20-17(4)21(30)11-12-28(20,5)24(23)25(32)26(33)29(18,19)6/h16-21,26,30,33H,1-2,7-13H2,3-6H3,(H,34,35)/t16?,17-,18+,19?,20?,21+,26-,28-,29+/m0/s1. The molecular weight excluding hydrogens is 444 g/mol. The van der Waals surface area contributed by atoms with Gasteiger partial charge in [0.05, 0.1) is 12.0 Å². The van der Waals surface area contributed by atoms with Crippen molar-refractivity contribution in [2.45, 2.75) is 84.8 Å². The smallest absolute Gasteiger partial charge is 0.310 e. The molecule has 2 saturated carbocycles. The lowest BCUT2D eigenvalue weighted by atomic mass is 9.48. The number of ketones is 2. The van der Waals surface area contributed by atoms with Crippen molar-refractivity contribution in [3.63, 3.8) is 0 Å². The number of carboxylic acid groups (broad SMARTS) is 1. The second kappa shape index (κ2) is 8.81. The maximum absolute atomic E-state index is 13.9. The van der Waals surface area contributed by atoms with Crippen LogP contribution in [-0.2, 0) is 14.4 Å². The molecule has 3 N–H and O–H groups in total. The van der Waals surface area contributed by atoms with Crippen LogP contribution in [0, 0.1) is 40.4 Å². The number of hydrogen-bond donors (Lipinski definition) is 3. The molecule has 0 aromatic heterocycles. The molecule has 35 heavy (non-hydrogen) atoms. The average molecular weight is 485 g/mol. The van der Waals surface area contributed by atoms with E-state index >= 15 is 0 Å². The Balaban J connectivity index is 1.66. The first-order valence-corrected chi connectivity index (χ1v) is 13.0. The Morgan fingerprint density at radius 2 is 1.77 bits per heavy atom. The Kier molecular flexibility index (Phi) is 6.55. The molecule has 4 aliphatic rings. The summed E-state index contributed by atoms with van der Waals surface area (Å²) in [5.74, 6) is -2.42. The third-order valence-electron chi connectivity index (χ3n) is 10.5. The zero-order chi connectivity index (χ0) is 26.0. The number of allylic oxidation sites excluding steroid dienone is 2. The van der Waals surface area contributed by atoms with Gasteiger partial charge in [0.2, 0.25) is 0 Å². The predicted molar refractivity (Wildman–Crippen MR) is 132 cm³/mol. The minimum Gasteiger partial charge on any atom is -0.481 e. The van der Waals surface area contributed by atoms with Crippen molar-refractivity contribution >= 4 is 17.5 Å². The van der Waals surface area contributed by atoms with E-state index < -0.39 is 34.9 Å². The van der Waals surface area contributed by atoms with Gasteiger partial charge in [-0.2, -0.15) is 0 Å². The van der Waals surface area contributed by atoms with Crippen LogP contribution in [-0.4, -0.2) is 45.1 Å². The van der Waals surface area contributed by atoms with Crippen LogP contribution in [0.3, 0.4) is 0 Å². The molecule has 0 bridgehead atoms. The topological polar surface area (TPSA) is 112 Å². The summed E-state index contributed by atoms with van der Waals surface area (Å²) in [7, 11) is 0. The van der Waals surface area contributed by atoms with Crippen LogP contribution in [0.5, 0.6) is 0 Å². The quantitative estimate of drug-likeness (QED) is 0.486. The number of rotatable bonds is 6. The molecule has 3 unspecified atom stereocenters. The third-order valence-corrected chi connectivity index (χ3v) is 10.5. The minimum atomic E-state index is -1.22. The maximum Gasteiger partial charge on any atom is 0.310 e. The van der Waals surface area contributed by atoms with E-state index in [4.69, 9.17) is 0 Å². The Morgan fingerprint density at radius 1 is 1.11 bits per heavy atom. The first-order chi connectivity index (χ1) is 16.3. The highest BCUT2D eigenvalue weighted by molar-refractivity contribution is 6.12. The predicted octanol–water partition coefficient (Wildman–Crippen LogP) is 4.26. The van der Waals surface area contributed by atoms with Crippen LogP contribution in [0.4, 0.5) is 0 Å². The minimum absolute atomic E-state index is 0.00479. The summed E-state index contributed by atoms with van der Waals surface area (Å²) >= 11 is 0. The van der Waals surface area contributed by atoms with E-state index in [0.29, 0.717) is 55.2 Å².